The number of aromatic nitrogens is 3. The second kappa shape index (κ2) is 7.67. The number of phenolic OH excluding ortho intramolecular Hbond substituents is 1. The van der Waals surface area contributed by atoms with Gasteiger partial charge in [-0.2, -0.15) is 5.10 Å². The van der Waals surface area contributed by atoms with Gasteiger partial charge in [0.1, 0.15) is 17.8 Å². The van der Waals surface area contributed by atoms with Gasteiger partial charge in [-0.15, -0.1) is 0 Å². The van der Waals surface area contributed by atoms with Crippen molar-refractivity contribution in [3.8, 4) is 11.5 Å². The van der Waals surface area contributed by atoms with E-state index in [0.717, 1.165) is 11.8 Å². The number of ether oxygens (including phenoxy) is 1. The number of aromatic amines is 1. The fraction of sp³-hybridized carbons (Fsp3) is 0.125. The van der Waals surface area contributed by atoms with E-state index in [-0.39, 0.29) is 10.6 Å². The molecule has 0 spiro atoms. The van der Waals surface area contributed by atoms with Gasteiger partial charge in [-0.05, 0) is 61.2 Å². The predicted octanol–water partition coefficient (Wildman–Crippen LogP) is 2.86. The maximum absolute atomic E-state index is 12.5. The Morgan fingerprint density at radius 1 is 1.23 bits per heavy atom. The molecule has 0 radical (unpaired) electrons. The van der Waals surface area contributed by atoms with Crippen LogP contribution in [0.4, 0.5) is 5.69 Å². The summed E-state index contributed by atoms with van der Waals surface area (Å²) in [4.78, 5) is 4.51. The first-order valence-electron chi connectivity index (χ1n) is 7.60. The number of benzene rings is 2. The standard InChI is InChI=1S/C16H16N4O4S2/c1-2-24-12-4-6-13(7-5-12)26(22,23)20-11-3-8-14(21)15(9-11)25-16-17-10-18-19-16/h3-10,20-21H,2H2,1H3,(H,17,18,19). The van der Waals surface area contributed by atoms with Gasteiger partial charge < -0.3 is 9.84 Å². The lowest BCUT2D eigenvalue weighted by molar-refractivity contribution is 0.340. The first-order valence-corrected chi connectivity index (χ1v) is 9.90. The topological polar surface area (TPSA) is 117 Å². The van der Waals surface area contributed by atoms with Crippen molar-refractivity contribution in [1.29, 1.82) is 0 Å². The van der Waals surface area contributed by atoms with Crippen LogP contribution in [0.2, 0.25) is 0 Å². The first-order chi connectivity index (χ1) is 12.5. The molecule has 0 atom stereocenters. The molecule has 0 fully saturated rings. The van der Waals surface area contributed by atoms with Gasteiger partial charge in [0, 0.05) is 0 Å². The maximum Gasteiger partial charge on any atom is 0.261 e. The summed E-state index contributed by atoms with van der Waals surface area (Å²) in [7, 11) is -3.77. The van der Waals surface area contributed by atoms with Gasteiger partial charge in [-0.1, -0.05) is 0 Å². The average molecular weight is 392 g/mol. The van der Waals surface area contributed by atoms with Crippen molar-refractivity contribution in [3.05, 3.63) is 48.8 Å². The van der Waals surface area contributed by atoms with Crippen molar-refractivity contribution in [2.75, 3.05) is 11.3 Å². The minimum absolute atomic E-state index is 0.00964. The van der Waals surface area contributed by atoms with Crippen LogP contribution < -0.4 is 9.46 Å². The van der Waals surface area contributed by atoms with Gasteiger partial charge in [0.15, 0.2) is 5.16 Å². The molecule has 0 aliphatic heterocycles. The predicted molar refractivity (Wildman–Crippen MR) is 97.0 cm³/mol. The van der Waals surface area contributed by atoms with Crippen molar-refractivity contribution in [1.82, 2.24) is 15.2 Å². The molecule has 1 aromatic heterocycles. The highest BCUT2D eigenvalue weighted by atomic mass is 32.2. The maximum atomic E-state index is 12.5. The Balaban J connectivity index is 1.80. The molecule has 3 rings (SSSR count). The Morgan fingerprint density at radius 3 is 2.65 bits per heavy atom. The molecule has 26 heavy (non-hydrogen) atoms. The van der Waals surface area contributed by atoms with Gasteiger partial charge in [-0.25, -0.2) is 13.4 Å². The minimum atomic E-state index is -3.77. The number of hydrogen-bond donors (Lipinski definition) is 3. The monoisotopic (exact) mass is 392 g/mol. The Labute approximate surface area is 154 Å². The van der Waals surface area contributed by atoms with Crippen molar-refractivity contribution >= 4 is 27.5 Å². The number of rotatable bonds is 7. The minimum Gasteiger partial charge on any atom is -0.507 e. The second-order valence-corrected chi connectivity index (χ2v) is 7.80. The summed E-state index contributed by atoms with van der Waals surface area (Å²) in [5, 5.41) is 16.8. The molecule has 3 aromatic rings. The van der Waals surface area contributed by atoms with Crippen LogP contribution in [0.5, 0.6) is 11.5 Å². The van der Waals surface area contributed by atoms with Crippen LogP contribution in [-0.2, 0) is 10.0 Å². The summed E-state index contributed by atoms with van der Waals surface area (Å²) < 4.78 is 32.9. The Bertz CT molecular complexity index is 974. The van der Waals surface area contributed by atoms with Gasteiger partial charge >= 0.3 is 0 Å². The molecule has 3 N–H and O–H groups in total. The summed E-state index contributed by atoms with van der Waals surface area (Å²) in [6.45, 7) is 2.36. The van der Waals surface area contributed by atoms with E-state index in [0.29, 0.717) is 28.1 Å². The summed E-state index contributed by atoms with van der Waals surface area (Å²) in [6.07, 6.45) is 1.35. The number of hydrogen-bond acceptors (Lipinski definition) is 7. The third-order valence-corrected chi connectivity index (χ3v) is 5.59. The molecule has 0 bridgehead atoms. The largest absolute Gasteiger partial charge is 0.507 e. The zero-order valence-electron chi connectivity index (χ0n) is 13.7. The molecular formula is C16H16N4O4S2. The number of phenols is 1. The van der Waals surface area contributed by atoms with Crippen LogP contribution in [0.1, 0.15) is 6.92 Å². The fourth-order valence-electron chi connectivity index (χ4n) is 2.10. The fourth-order valence-corrected chi connectivity index (χ4v) is 3.92. The Hall–Kier alpha value is -2.72. The molecule has 1 heterocycles. The molecule has 0 aliphatic carbocycles. The van der Waals surface area contributed by atoms with Crippen molar-refractivity contribution in [2.45, 2.75) is 21.9 Å². The highest BCUT2D eigenvalue weighted by Gasteiger charge is 2.16. The van der Waals surface area contributed by atoms with Crippen LogP contribution in [-0.4, -0.2) is 35.3 Å². The number of aromatic hydroxyl groups is 1. The summed E-state index contributed by atoms with van der Waals surface area (Å²) in [5.41, 5.74) is 0.318. The number of H-pyrrole nitrogens is 1. The van der Waals surface area contributed by atoms with Gasteiger partial charge in [0.25, 0.3) is 10.0 Å². The van der Waals surface area contributed by atoms with Crippen molar-refractivity contribution in [3.63, 3.8) is 0 Å². The van der Waals surface area contributed by atoms with Crippen molar-refractivity contribution < 1.29 is 18.3 Å². The van der Waals surface area contributed by atoms with Crippen LogP contribution in [0.3, 0.4) is 0 Å². The molecule has 136 valence electrons. The average Bonchev–Trinajstić information content (AvgIpc) is 3.11. The quantitative estimate of drug-likeness (QED) is 0.529. The van der Waals surface area contributed by atoms with Crippen LogP contribution in [0.15, 0.2) is 63.7 Å². The lowest BCUT2D eigenvalue weighted by Gasteiger charge is -2.11. The van der Waals surface area contributed by atoms with Gasteiger partial charge in [0.05, 0.1) is 22.1 Å². The molecule has 0 saturated heterocycles. The SMILES string of the molecule is CCOc1ccc(S(=O)(=O)Nc2ccc(O)c(Sc3ncn[nH]3)c2)cc1. The lowest BCUT2D eigenvalue weighted by atomic mass is 10.3. The first kappa shape index (κ1) is 18.1. The van der Waals surface area contributed by atoms with Crippen LogP contribution >= 0.6 is 11.8 Å². The van der Waals surface area contributed by atoms with E-state index >= 15 is 0 Å². The van der Waals surface area contributed by atoms with Crippen molar-refractivity contribution in [2.24, 2.45) is 0 Å². The molecule has 2 aromatic carbocycles. The summed E-state index contributed by atoms with van der Waals surface area (Å²) in [6, 6.07) is 10.5. The van der Waals surface area contributed by atoms with Crippen LogP contribution in [0.25, 0.3) is 0 Å². The zero-order chi connectivity index (χ0) is 18.6. The number of sulfonamides is 1. The molecule has 10 heteroatoms. The third kappa shape index (κ3) is 4.27. The summed E-state index contributed by atoms with van der Waals surface area (Å²) >= 11 is 1.13. The van der Waals surface area contributed by atoms with E-state index in [4.69, 9.17) is 4.74 Å². The summed E-state index contributed by atoms with van der Waals surface area (Å²) in [5.74, 6) is 0.609. The number of nitrogens with one attached hydrogen (secondary N) is 2. The van der Waals surface area contributed by atoms with E-state index in [2.05, 4.69) is 19.9 Å². The number of anilines is 1. The number of nitrogens with zero attached hydrogens (tertiary/aromatic N) is 2. The van der Waals surface area contributed by atoms with E-state index in [9.17, 15) is 13.5 Å². The molecule has 0 aliphatic rings. The van der Waals surface area contributed by atoms with Crippen LogP contribution in [0, 0.1) is 0 Å². The smallest absolute Gasteiger partial charge is 0.261 e. The molecular weight excluding hydrogens is 376 g/mol. The third-order valence-electron chi connectivity index (χ3n) is 3.26. The van der Waals surface area contributed by atoms with Gasteiger partial charge in [0.2, 0.25) is 0 Å². The molecule has 0 amide bonds. The molecule has 0 saturated carbocycles. The highest BCUT2D eigenvalue weighted by molar-refractivity contribution is 7.99. The van der Waals surface area contributed by atoms with E-state index in [1.165, 1.54) is 36.7 Å². The molecule has 0 unspecified atom stereocenters. The Morgan fingerprint density at radius 2 is 2.00 bits per heavy atom. The highest BCUT2D eigenvalue weighted by Crippen LogP contribution is 2.34. The van der Waals surface area contributed by atoms with E-state index in [1.54, 1.807) is 12.1 Å². The van der Waals surface area contributed by atoms with E-state index in [1.807, 2.05) is 6.92 Å². The second-order valence-electron chi connectivity index (χ2n) is 5.09. The van der Waals surface area contributed by atoms with Gasteiger partial charge in [-0.3, -0.25) is 9.82 Å². The zero-order valence-corrected chi connectivity index (χ0v) is 15.3. The Kier molecular flexibility index (Phi) is 5.33. The molecule has 8 nitrogen and oxygen atoms in total. The lowest BCUT2D eigenvalue weighted by Crippen LogP contribution is -2.12. The normalized spacial score (nSPS) is 11.3. The van der Waals surface area contributed by atoms with E-state index < -0.39 is 10.0 Å².